The van der Waals surface area contributed by atoms with Gasteiger partial charge in [-0.1, -0.05) is 11.3 Å². The number of rotatable bonds is 2. The first kappa shape index (κ1) is 11.5. The number of fused-ring (bicyclic) bond motifs is 1. The summed E-state index contributed by atoms with van der Waals surface area (Å²) in [4.78, 5) is 16.2. The van der Waals surface area contributed by atoms with E-state index >= 15 is 0 Å². The van der Waals surface area contributed by atoms with Crippen LogP contribution < -0.4 is 10.6 Å². The van der Waals surface area contributed by atoms with E-state index in [4.69, 9.17) is 0 Å². The van der Waals surface area contributed by atoms with Crippen LogP contribution in [0, 0.1) is 6.92 Å². The second-order valence-corrected chi connectivity index (χ2v) is 5.51. The SMILES string of the molecule is Cc1nn(C)c2nc(N[C@H]3CCCNC3=O)sc12. The normalized spacial score (nSPS) is 20.1. The van der Waals surface area contributed by atoms with Gasteiger partial charge in [0.05, 0.1) is 10.4 Å². The van der Waals surface area contributed by atoms with Crippen molar-refractivity contribution < 1.29 is 4.79 Å². The Kier molecular flexibility index (Phi) is 2.70. The zero-order valence-corrected chi connectivity index (χ0v) is 11.2. The van der Waals surface area contributed by atoms with Gasteiger partial charge in [-0.3, -0.25) is 4.79 Å². The summed E-state index contributed by atoms with van der Waals surface area (Å²) < 4.78 is 2.85. The molecule has 0 spiro atoms. The Labute approximate surface area is 108 Å². The van der Waals surface area contributed by atoms with Crippen LogP contribution >= 0.6 is 11.3 Å². The third-order valence-corrected chi connectivity index (χ3v) is 4.21. The van der Waals surface area contributed by atoms with Crippen molar-refractivity contribution >= 4 is 32.7 Å². The molecule has 0 aliphatic carbocycles. The molecule has 1 atom stereocenters. The van der Waals surface area contributed by atoms with Gasteiger partial charge in [0.25, 0.3) is 0 Å². The number of piperidine rings is 1. The predicted molar refractivity (Wildman–Crippen MR) is 70.8 cm³/mol. The summed E-state index contributed by atoms with van der Waals surface area (Å²) in [7, 11) is 1.88. The molecule has 2 N–H and O–H groups in total. The van der Waals surface area contributed by atoms with Crippen LogP contribution in [0.15, 0.2) is 0 Å². The van der Waals surface area contributed by atoms with E-state index in [-0.39, 0.29) is 11.9 Å². The molecule has 0 aromatic carbocycles. The van der Waals surface area contributed by atoms with Crippen LogP contribution in [-0.2, 0) is 11.8 Å². The fraction of sp³-hybridized carbons (Fsp3) is 0.545. The summed E-state index contributed by atoms with van der Waals surface area (Å²) in [5.41, 5.74) is 1.85. The molecule has 1 saturated heterocycles. The van der Waals surface area contributed by atoms with E-state index in [0.29, 0.717) is 0 Å². The van der Waals surface area contributed by atoms with Crippen LogP contribution in [0.25, 0.3) is 10.3 Å². The Balaban J connectivity index is 1.86. The topological polar surface area (TPSA) is 71.8 Å². The molecule has 96 valence electrons. The minimum absolute atomic E-state index is 0.0651. The minimum Gasteiger partial charge on any atom is -0.354 e. The summed E-state index contributed by atoms with van der Waals surface area (Å²) in [6.07, 6.45) is 1.87. The number of amides is 1. The molecule has 1 aliphatic rings. The third kappa shape index (κ3) is 1.84. The molecule has 3 rings (SSSR count). The average Bonchev–Trinajstić information content (AvgIpc) is 2.85. The van der Waals surface area contributed by atoms with Gasteiger partial charge in [-0.05, 0) is 19.8 Å². The summed E-state index contributed by atoms with van der Waals surface area (Å²) in [5.74, 6) is 0.0651. The molecule has 0 radical (unpaired) electrons. The summed E-state index contributed by atoms with van der Waals surface area (Å²) in [6.45, 7) is 2.75. The molecule has 0 saturated carbocycles. The molecule has 0 bridgehead atoms. The lowest BCUT2D eigenvalue weighted by Gasteiger charge is -2.22. The first-order valence-electron chi connectivity index (χ1n) is 5.99. The van der Waals surface area contributed by atoms with Gasteiger partial charge in [-0.2, -0.15) is 5.10 Å². The maximum absolute atomic E-state index is 11.7. The number of aromatic nitrogens is 3. The number of anilines is 1. The maximum atomic E-state index is 11.7. The second kappa shape index (κ2) is 4.24. The lowest BCUT2D eigenvalue weighted by molar-refractivity contribution is -0.123. The van der Waals surface area contributed by atoms with Crippen molar-refractivity contribution in [3.8, 4) is 0 Å². The molecular formula is C11H15N5OS. The highest BCUT2D eigenvalue weighted by molar-refractivity contribution is 7.22. The van der Waals surface area contributed by atoms with Crippen LogP contribution in [0.4, 0.5) is 5.13 Å². The molecule has 6 nitrogen and oxygen atoms in total. The zero-order chi connectivity index (χ0) is 12.7. The second-order valence-electron chi connectivity index (χ2n) is 4.51. The zero-order valence-electron chi connectivity index (χ0n) is 10.4. The van der Waals surface area contributed by atoms with Crippen LogP contribution in [0.1, 0.15) is 18.5 Å². The van der Waals surface area contributed by atoms with E-state index in [0.717, 1.165) is 40.6 Å². The van der Waals surface area contributed by atoms with Crippen molar-refractivity contribution in [2.75, 3.05) is 11.9 Å². The van der Waals surface area contributed by atoms with Gasteiger partial charge < -0.3 is 10.6 Å². The van der Waals surface area contributed by atoms with E-state index in [9.17, 15) is 4.79 Å². The van der Waals surface area contributed by atoms with Gasteiger partial charge in [-0.25, -0.2) is 9.67 Å². The molecule has 18 heavy (non-hydrogen) atoms. The third-order valence-electron chi connectivity index (χ3n) is 3.13. The van der Waals surface area contributed by atoms with Gasteiger partial charge in [0, 0.05) is 13.6 Å². The van der Waals surface area contributed by atoms with E-state index in [1.807, 2.05) is 14.0 Å². The summed E-state index contributed by atoms with van der Waals surface area (Å²) >= 11 is 1.55. The summed E-state index contributed by atoms with van der Waals surface area (Å²) in [5, 5.41) is 11.2. The van der Waals surface area contributed by atoms with Gasteiger partial charge in [0.1, 0.15) is 6.04 Å². The standard InChI is InChI=1S/C11H15N5OS/c1-6-8-9(16(2)15-6)14-11(18-8)13-7-4-3-5-12-10(7)17/h7H,3-5H2,1-2H3,(H,12,17)(H,13,14)/t7-/m0/s1. The fourth-order valence-corrected chi connectivity index (χ4v) is 3.19. The lowest BCUT2D eigenvalue weighted by atomic mass is 10.1. The molecule has 7 heteroatoms. The molecular weight excluding hydrogens is 250 g/mol. The number of nitrogens with zero attached hydrogens (tertiary/aromatic N) is 3. The van der Waals surface area contributed by atoms with Crippen molar-refractivity contribution in [1.82, 2.24) is 20.1 Å². The van der Waals surface area contributed by atoms with Crippen LogP contribution in [0.2, 0.25) is 0 Å². The van der Waals surface area contributed by atoms with E-state index in [1.165, 1.54) is 0 Å². The number of hydrogen-bond acceptors (Lipinski definition) is 5. The summed E-state index contributed by atoms with van der Waals surface area (Å²) in [6, 6.07) is -0.160. The van der Waals surface area contributed by atoms with E-state index in [2.05, 4.69) is 20.7 Å². The fourth-order valence-electron chi connectivity index (χ4n) is 2.21. The predicted octanol–water partition coefficient (Wildman–Crippen LogP) is 1.03. The smallest absolute Gasteiger partial charge is 0.242 e. The van der Waals surface area contributed by atoms with Crippen molar-refractivity contribution in [2.24, 2.45) is 7.05 Å². The van der Waals surface area contributed by atoms with Crippen LogP contribution in [-0.4, -0.2) is 33.3 Å². The van der Waals surface area contributed by atoms with Gasteiger partial charge in [0.2, 0.25) is 5.91 Å². The maximum Gasteiger partial charge on any atom is 0.242 e. The number of aryl methyl sites for hydroxylation is 2. The van der Waals surface area contributed by atoms with Crippen molar-refractivity contribution in [2.45, 2.75) is 25.8 Å². The highest BCUT2D eigenvalue weighted by Crippen LogP contribution is 2.29. The van der Waals surface area contributed by atoms with Crippen molar-refractivity contribution in [3.63, 3.8) is 0 Å². The average molecular weight is 265 g/mol. The van der Waals surface area contributed by atoms with Gasteiger partial charge >= 0.3 is 0 Å². The minimum atomic E-state index is -0.160. The first-order valence-corrected chi connectivity index (χ1v) is 6.81. The molecule has 1 fully saturated rings. The molecule has 3 heterocycles. The Morgan fingerprint density at radius 2 is 2.39 bits per heavy atom. The molecule has 0 unspecified atom stereocenters. The number of carbonyl (C=O) groups is 1. The largest absolute Gasteiger partial charge is 0.354 e. The highest BCUT2D eigenvalue weighted by Gasteiger charge is 2.23. The number of carbonyl (C=O) groups excluding carboxylic acids is 1. The van der Waals surface area contributed by atoms with E-state index in [1.54, 1.807) is 16.0 Å². The van der Waals surface area contributed by atoms with E-state index < -0.39 is 0 Å². The monoisotopic (exact) mass is 265 g/mol. The van der Waals surface area contributed by atoms with Crippen LogP contribution in [0.3, 0.4) is 0 Å². The Bertz CT molecular complexity index is 567. The lowest BCUT2D eigenvalue weighted by Crippen LogP contribution is -2.44. The van der Waals surface area contributed by atoms with Gasteiger partial charge in [-0.15, -0.1) is 0 Å². The van der Waals surface area contributed by atoms with Crippen LogP contribution in [0.5, 0.6) is 0 Å². The quantitative estimate of drug-likeness (QED) is 0.850. The first-order chi connectivity index (χ1) is 8.65. The molecule has 1 amide bonds. The van der Waals surface area contributed by atoms with Crippen molar-refractivity contribution in [1.29, 1.82) is 0 Å². The van der Waals surface area contributed by atoms with Crippen molar-refractivity contribution in [3.05, 3.63) is 5.69 Å². The highest BCUT2D eigenvalue weighted by atomic mass is 32.1. The Hall–Kier alpha value is -1.63. The number of hydrogen-bond donors (Lipinski definition) is 2. The number of thiazole rings is 1. The molecule has 2 aromatic rings. The molecule has 2 aromatic heterocycles. The Morgan fingerprint density at radius 3 is 3.11 bits per heavy atom. The van der Waals surface area contributed by atoms with Gasteiger partial charge in [0.15, 0.2) is 10.8 Å². The number of nitrogens with one attached hydrogen (secondary N) is 2. The Morgan fingerprint density at radius 1 is 1.56 bits per heavy atom. The molecule has 1 aliphatic heterocycles.